The van der Waals surface area contributed by atoms with Crippen molar-refractivity contribution in [3.63, 3.8) is 0 Å². The van der Waals surface area contributed by atoms with Crippen molar-refractivity contribution in [1.29, 1.82) is 0 Å². The van der Waals surface area contributed by atoms with E-state index in [9.17, 15) is 4.79 Å². The van der Waals surface area contributed by atoms with Gasteiger partial charge in [-0.15, -0.1) is 0 Å². The SMILES string of the molecule is Cc1nn(CCC(=O)N2CCN(Cc3cccnc3)CC2)c(C)c1Br. The van der Waals surface area contributed by atoms with Gasteiger partial charge in [0.25, 0.3) is 0 Å². The highest BCUT2D eigenvalue weighted by Gasteiger charge is 2.21. The van der Waals surface area contributed by atoms with Gasteiger partial charge in [-0.2, -0.15) is 5.10 Å². The molecule has 0 bridgehead atoms. The quantitative estimate of drug-likeness (QED) is 0.765. The van der Waals surface area contributed by atoms with Crippen molar-refractivity contribution in [1.82, 2.24) is 24.6 Å². The lowest BCUT2D eigenvalue weighted by Crippen LogP contribution is -2.48. The number of piperazine rings is 1. The predicted octanol–water partition coefficient (Wildman–Crippen LogP) is 2.39. The maximum absolute atomic E-state index is 12.5. The zero-order valence-electron chi connectivity index (χ0n) is 14.8. The fraction of sp³-hybridized carbons (Fsp3) is 0.500. The zero-order chi connectivity index (χ0) is 17.8. The molecule has 6 nitrogen and oxygen atoms in total. The van der Waals surface area contributed by atoms with Gasteiger partial charge in [-0.25, -0.2) is 0 Å². The maximum atomic E-state index is 12.5. The third kappa shape index (κ3) is 4.46. The molecule has 3 rings (SSSR count). The van der Waals surface area contributed by atoms with Crippen LogP contribution in [0.25, 0.3) is 0 Å². The van der Waals surface area contributed by atoms with E-state index in [2.05, 4.69) is 37.0 Å². The van der Waals surface area contributed by atoms with Gasteiger partial charge in [0.2, 0.25) is 5.91 Å². The Bertz CT molecular complexity index is 723. The van der Waals surface area contributed by atoms with Crippen molar-refractivity contribution in [3.05, 3.63) is 46.0 Å². The van der Waals surface area contributed by atoms with Gasteiger partial charge in [-0.05, 0) is 41.4 Å². The molecule has 2 aromatic heterocycles. The number of nitrogens with zero attached hydrogens (tertiary/aromatic N) is 5. The molecule has 0 aromatic carbocycles. The normalized spacial score (nSPS) is 15.6. The summed E-state index contributed by atoms with van der Waals surface area (Å²) in [6.45, 7) is 8.92. The molecule has 0 radical (unpaired) electrons. The lowest BCUT2D eigenvalue weighted by molar-refractivity contribution is -0.133. The van der Waals surface area contributed by atoms with Gasteiger partial charge in [0.15, 0.2) is 0 Å². The van der Waals surface area contributed by atoms with Crippen LogP contribution in [0.5, 0.6) is 0 Å². The minimum Gasteiger partial charge on any atom is -0.340 e. The zero-order valence-corrected chi connectivity index (χ0v) is 16.4. The van der Waals surface area contributed by atoms with Gasteiger partial charge < -0.3 is 4.90 Å². The van der Waals surface area contributed by atoms with Gasteiger partial charge in [-0.3, -0.25) is 19.4 Å². The molecule has 7 heteroatoms. The van der Waals surface area contributed by atoms with Gasteiger partial charge in [0, 0.05) is 57.2 Å². The standard InChI is InChI=1S/C18H24BrN5O/c1-14-18(19)15(2)24(21-14)7-5-17(25)23-10-8-22(9-11-23)13-16-4-3-6-20-12-16/h3-4,6,12H,5,7-11,13H2,1-2H3. The van der Waals surface area contributed by atoms with Crippen molar-refractivity contribution in [2.45, 2.75) is 33.4 Å². The second kappa shape index (κ2) is 8.10. The van der Waals surface area contributed by atoms with Crippen LogP contribution in [0, 0.1) is 13.8 Å². The van der Waals surface area contributed by atoms with Crippen molar-refractivity contribution >= 4 is 21.8 Å². The van der Waals surface area contributed by atoms with Crippen LogP contribution in [0.3, 0.4) is 0 Å². The summed E-state index contributed by atoms with van der Waals surface area (Å²) in [6, 6.07) is 4.06. The van der Waals surface area contributed by atoms with Crippen LogP contribution in [0.2, 0.25) is 0 Å². The van der Waals surface area contributed by atoms with Crippen LogP contribution in [0.1, 0.15) is 23.4 Å². The number of amides is 1. The average Bonchev–Trinajstić information content (AvgIpc) is 2.88. The number of aromatic nitrogens is 3. The van der Waals surface area contributed by atoms with Crippen LogP contribution in [0.4, 0.5) is 0 Å². The van der Waals surface area contributed by atoms with E-state index in [-0.39, 0.29) is 5.91 Å². The molecule has 1 amide bonds. The van der Waals surface area contributed by atoms with Gasteiger partial charge >= 0.3 is 0 Å². The summed E-state index contributed by atoms with van der Waals surface area (Å²) in [6.07, 6.45) is 4.20. The number of rotatable bonds is 5. The molecule has 0 spiro atoms. The molecular formula is C18H24BrN5O. The number of carbonyl (C=O) groups is 1. The molecule has 0 saturated carbocycles. The summed E-state index contributed by atoms with van der Waals surface area (Å²) in [7, 11) is 0. The number of halogens is 1. The second-order valence-electron chi connectivity index (χ2n) is 6.48. The Labute approximate surface area is 157 Å². The average molecular weight is 406 g/mol. The first-order chi connectivity index (χ1) is 12.0. The second-order valence-corrected chi connectivity index (χ2v) is 7.27. The van der Waals surface area contributed by atoms with Crippen LogP contribution in [0.15, 0.2) is 29.0 Å². The van der Waals surface area contributed by atoms with E-state index in [1.165, 1.54) is 5.56 Å². The molecule has 0 unspecified atom stereocenters. The van der Waals surface area contributed by atoms with Crippen molar-refractivity contribution in [3.8, 4) is 0 Å². The molecule has 1 saturated heterocycles. The Balaban J connectivity index is 1.46. The molecule has 1 fully saturated rings. The van der Waals surface area contributed by atoms with E-state index in [4.69, 9.17) is 0 Å². The highest BCUT2D eigenvalue weighted by atomic mass is 79.9. The fourth-order valence-corrected chi connectivity index (χ4v) is 3.44. The Morgan fingerprint density at radius 2 is 2.00 bits per heavy atom. The van der Waals surface area contributed by atoms with Crippen LogP contribution in [-0.2, 0) is 17.9 Å². The lowest BCUT2D eigenvalue weighted by Gasteiger charge is -2.34. The van der Waals surface area contributed by atoms with Gasteiger partial charge in [0.05, 0.1) is 16.7 Å². The third-order valence-corrected chi connectivity index (χ3v) is 5.83. The maximum Gasteiger partial charge on any atom is 0.224 e. The molecule has 0 atom stereocenters. The summed E-state index contributed by atoms with van der Waals surface area (Å²) in [4.78, 5) is 21.0. The topological polar surface area (TPSA) is 54.3 Å². The summed E-state index contributed by atoms with van der Waals surface area (Å²) < 4.78 is 2.94. The summed E-state index contributed by atoms with van der Waals surface area (Å²) in [5.41, 5.74) is 3.26. The summed E-state index contributed by atoms with van der Waals surface area (Å²) in [5, 5.41) is 4.47. The highest BCUT2D eigenvalue weighted by Crippen LogP contribution is 2.20. The van der Waals surface area contributed by atoms with Crippen LogP contribution >= 0.6 is 15.9 Å². The van der Waals surface area contributed by atoms with Gasteiger partial charge in [-0.1, -0.05) is 6.07 Å². The minimum absolute atomic E-state index is 0.213. The molecule has 1 aliphatic heterocycles. The lowest BCUT2D eigenvalue weighted by atomic mass is 10.2. The van der Waals surface area contributed by atoms with Gasteiger partial charge in [0.1, 0.15) is 0 Å². The smallest absolute Gasteiger partial charge is 0.224 e. The van der Waals surface area contributed by atoms with Crippen LogP contribution < -0.4 is 0 Å². The van der Waals surface area contributed by atoms with E-state index >= 15 is 0 Å². The molecule has 0 N–H and O–H groups in total. The first kappa shape index (κ1) is 18.1. The summed E-state index contributed by atoms with van der Waals surface area (Å²) in [5.74, 6) is 0.213. The molecule has 0 aliphatic carbocycles. The monoisotopic (exact) mass is 405 g/mol. The summed E-state index contributed by atoms with van der Waals surface area (Å²) >= 11 is 3.53. The van der Waals surface area contributed by atoms with E-state index in [1.807, 2.05) is 35.7 Å². The third-order valence-electron chi connectivity index (χ3n) is 4.68. The molecule has 134 valence electrons. The Hall–Kier alpha value is -1.73. The van der Waals surface area contributed by atoms with E-state index in [1.54, 1.807) is 6.20 Å². The number of hydrogen-bond donors (Lipinski definition) is 0. The molecule has 25 heavy (non-hydrogen) atoms. The minimum atomic E-state index is 0.213. The number of hydrogen-bond acceptors (Lipinski definition) is 4. The van der Waals surface area contributed by atoms with Crippen LogP contribution in [-0.4, -0.2) is 56.7 Å². The van der Waals surface area contributed by atoms with Crippen molar-refractivity contribution in [2.24, 2.45) is 0 Å². The Morgan fingerprint density at radius 3 is 2.60 bits per heavy atom. The molecule has 2 aromatic rings. The molecular weight excluding hydrogens is 382 g/mol. The Kier molecular flexibility index (Phi) is 5.86. The number of aryl methyl sites for hydroxylation is 2. The number of pyridine rings is 1. The largest absolute Gasteiger partial charge is 0.340 e. The van der Waals surface area contributed by atoms with Crippen molar-refractivity contribution < 1.29 is 4.79 Å². The van der Waals surface area contributed by atoms with Crippen molar-refractivity contribution in [2.75, 3.05) is 26.2 Å². The fourth-order valence-electron chi connectivity index (χ4n) is 3.16. The highest BCUT2D eigenvalue weighted by molar-refractivity contribution is 9.10. The molecule has 3 heterocycles. The van der Waals surface area contributed by atoms with E-state index < -0.39 is 0 Å². The number of carbonyl (C=O) groups excluding carboxylic acids is 1. The Morgan fingerprint density at radius 1 is 1.24 bits per heavy atom. The van der Waals surface area contributed by atoms with E-state index in [0.717, 1.165) is 48.6 Å². The molecule has 1 aliphatic rings. The first-order valence-corrected chi connectivity index (χ1v) is 9.42. The predicted molar refractivity (Wildman–Crippen MR) is 100 cm³/mol. The first-order valence-electron chi connectivity index (χ1n) is 8.63. The van der Waals surface area contributed by atoms with E-state index in [0.29, 0.717) is 13.0 Å².